The van der Waals surface area contributed by atoms with Crippen molar-refractivity contribution in [3.63, 3.8) is 0 Å². The highest BCUT2D eigenvalue weighted by Gasteiger charge is 2.27. The van der Waals surface area contributed by atoms with Gasteiger partial charge in [0, 0.05) is 23.0 Å². The van der Waals surface area contributed by atoms with E-state index in [2.05, 4.69) is 10.2 Å². The van der Waals surface area contributed by atoms with Gasteiger partial charge in [0.25, 0.3) is 0 Å². The first kappa shape index (κ1) is 23.4. The maximum absolute atomic E-state index is 14.1. The van der Waals surface area contributed by atoms with Gasteiger partial charge in [-0.25, -0.2) is 4.39 Å². The number of nitrogens with zero attached hydrogens (tertiary/aromatic N) is 1. The molecule has 1 aliphatic rings. The third kappa shape index (κ3) is 5.89. The van der Waals surface area contributed by atoms with Crippen molar-refractivity contribution in [3.05, 3.63) is 58.4 Å². The third-order valence-electron chi connectivity index (χ3n) is 5.90. The van der Waals surface area contributed by atoms with E-state index in [0.29, 0.717) is 28.6 Å². The molecule has 1 fully saturated rings. The molecule has 1 heterocycles. The molecular formula is C24H30ClFN2O3. The zero-order valence-corrected chi connectivity index (χ0v) is 19.0. The highest BCUT2D eigenvalue weighted by atomic mass is 35.5. The van der Waals surface area contributed by atoms with E-state index in [-0.39, 0.29) is 23.7 Å². The summed E-state index contributed by atoms with van der Waals surface area (Å²) < 4.78 is 24.8. The number of hydrogen-bond acceptors (Lipinski definition) is 4. The molecule has 168 valence electrons. The molecule has 0 bridgehead atoms. The topological polar surface area (TPSA) is 50.8 Å². The lowest BCUT2D eigenvalue weighted by molar-refractivity contribution is -0.127. The van der Waals surface area contributed by atoms with Crippen molar-refractivity contribution in [2.45, 2.75) is 38.8 Å². The lowest BCUT2D eigenvalue weighted by Crippen LogP contribution is -2.41. The molecule has 3 rings (SSSR count). The maximum atomic E-state index is 14.1. The average molecular weight is 449 g/mol. The molecule has 1 atom stereocenters. The van der Waals surface area contributed by atoms with E-state index in [1.165, 1.54) is 6.07 Å². The monoisotopic (exact) mass is 448 g/mol. The Balaban J connectivity index is 1.56. The van der Waals surface area contributed by atoms with Crippen molar-refractivity contribution >= 4 is 17.5 Å². The largest absolute Gasteiger partial charge is 0.493 e. The predicted molar refractivity (Wildman–Crippen MR) is 120 cm³/mol. The van der Waals surface area contributed by atoms with Gasteiger partial charge in [-0.15, -0.1) is 0 Å². The molecule has 1 amide bonds. The Morgan fingerprint density at radius 1 is 1.16 bits per heavy atom. The summed E-state index contributed by atoms with van der Waals surface area (Å²) in [5, 5.41) is 3.59. The third-order valence-corrected chi connectivity index (χ3v) is 6.14. The molecule has 0 saturated carbocycles. The van der Waals surface area contributed by atoms with Crippen LogP contribution in [0.5, 0.6) is 11.5 Å². The first-order valence-electron chi connectivity index (χ1n) is 10.6. The molecule has 0 aliphatic carbocycles. The molecule has 2 aromatic rings. The summed E-state index contributed by atoms with van der Waals surface area (Å²) in [5.41, 5.74) is 1.62. The number of carbonyl (C=O) groups is 1. The number of nitrogens with one attached hydrogen (secondary N) is 1. The number of halogens is 2. The van der Waals surface area contributed by atoms with E-state index in [1.54, 1.807) is 26.4 Å². The van der Waals surface area contributed by atoms with Crippen molar-refractivity contribution in [2.24, 2.45) is 5.92 Å². The number of likely N-dealkylation sites (tertiary alicyclic amines) is 1. The summed E-state index contributed by atoms with van der Waals surface area (Å²) in [5.74, 6) is 1.06. The Morgan fingerprint density at radius 2 is 1.87 bits per heavy atom. The number of ether oxygens (including phenoxy) is 2. The Labute approximate surface area is 188 Å². The Morgan fingerprint density at radius 3 is 2.48 bits per heavy atom. The molecule has 5 nitrogen and oxygen atoms in total. The molecule has 1 unspecified atom stereocenters. The molecule has 31 heavy (non-hydrogen) atoms. The lowest BCUT2D eigenvalue weighted by Gasteiger charge is -2.32. The van der Waals surface area contributed by atoms with Crippen LogP contribution < -0.4 is 14.8 Å². The summed E-state index contributed by atoms with van der Waals surface area (Å²) >= 11 is 5.83. The van der Waals surface area contributed by atoms with E-state index < -0.39 is 0 Å². The van der Waals surface area contributed by atoms with Crippen LogP contribution in [-0.4, -0.2) is 38.1 Å². The molecule has 1 aliphatic heterocycles. The first-order chi connectivity index (χ1) is 14.9. The van der Waals surface area contributed by atoms with Crippen LogP contribution in [0.25, 0.3) is 0 Å². The molecular weight excluding hydrogens is 419 g/mol. The molecule has 7 heteroatoms. The fraction of sp³-hybridized carbons (Fsp3) is 0.458. The number of carbonyl (C=O) groups excluding carboxylic acids is 1. The van der Waals surface area contributed by atoms with Gasteiger partial charge in [0.1, 0.15) is 5.82 Å². The molecule has 0 spiro atoms. The van der Waals surface area contributed by atoms with Crippen molar-refractivity contribution in [3.8, 4) is 11.5 Å². The van der Waals surface area contributed by atoms with Gasteiger partial charge in [-0.2, -0.15) is 0 Å². The minimum Gasteiger partial charge on any atom is -0.493 e. The van der Waals surface area contributed by atoms with Crippen LogP contribution in [0.4, 0.5) is 4.39 Å². The number of methoxy groups -OCH3 is 2. The van der Waals surface area contributed by atoms with Gasteiger partial charge in [-0.1, -0.05) is 30.7 Å². The van der Waals surface area contributed by atoms with Crippen LogP contribution in [-0.2, 0) is 11.3 Å². The molecule has 0 aromatic heterocycles. The molecule has 0 radical (unpaired) electrons. The van der Waals surface area contributed by atoms with Gasteiger partial charge < -0.3 is 14.8 Å². The maximum Gasteiger partial charge on any atom is 0.223 e. The highest BCUT2D eigenvalue weighted by molar-refractivity contribution is 6.30. The summed E-state index contributed by atoms with van der Waals surface area (Å²) in [6.45, 7) is 4.09. The second-order valence-corrected chi connectivity index (χ2v) is 8.31. The number of amides is 1. The van der Waals surface area contributed by atoms with E-state index in [9.17, 15) is 9.18 Å². The van der Waals surface area contributed by atoms with Crippen molar-refractivity contribution in [1.29, 1.82) is 0 Å². The van der Waals surface area contributed by atoms with Crippen LogP contribution >= 0.6 is 11.6 Å². The minimum atomic E-state index is -0.284. The zero-order chi connectivity index (χ0) is 22.4. The second kappa shape index (κ2) is 10.8. The second-order valence-electron chi connectivity index (χ2n) is 7.87. The van der Waals surface area contributed by atoms with Crippen LogP contribution in [0.15, 0.2) is 36.4 Å². The summed E-state index contributed by atoms with van der Waals surface area (Å²) in [6.07, 6.45) is 2.28. The van der Waals surface area contributed by atoms with Crippen molar-refractivity contribution < 1.29 is 18.7 Å². The number of benzene rings is 2. The fourth-order valence-corrected chi connectivity index (χ4v) is 4.18. The van der Waals surface area contributed by atoms with Gasteiger partial charge in [-0.3, -0.25) is 9.69 Å². The van der Waals surface area contributed by atoms with Gasteiger partial charge in [0.2, 0.25) is 5.91 Å². The van der Waals surface area contributed by atoms with Gasteiger partial charge >= 0.3 is 0 Å². The average Bonchev–Trinajstić information content (AvgIpc) is 2.79. The summed E-state index contributed by atoms with van der Waals surface area (Å²) in [4.78, 5) is 15.1. The Hall–Kier alpha value is -2.31. The normalized spacial score (nSPS) is 16.0. The Bertz CT molecular complexity index is 900. The molecule has 1 N–H and O–H groups in total. The Kier molecular flexibility index (Phi) is 8.15. The number of rotatable bonds is 8. The molecule has 2 aromatic carbocycles. The van der Waals surface area contributed by atoms with Crippen LogP contribution in [0.1, 0.15) is 43.4 Å². The van der Waals surface area contributed by atoms with Crippen LogP contribution in [0.3, 0.4) is 0 Å². The number of hydrogen-bond donors (Lipinski definition) is 1. The quantitative estimate of drug-likeness (QED) is 0.619. The highest BCUT2D eigenvalue weighted by Crippen LogP contribution is 2.31. The first-order valence-corrected chi connectivity index (χ1v) is 11.0. The van der Waals surface area contributed by atoms with Crippen LogP contribution in [0.2, 0.25) is 5.02 Å². The van der Waals surface area contributed by atoms with Gasteiger partial charge in [0.15, 0.2) is 11.5 Å². The SMILES string of the molecule is CCC(NC(=O)C1CCN(Cc2ccc(Cl)cc2F)CC1)c1ccc(OC)c(OC)c1. The number of piperidine rings is 1. The lowest BCUT2D eigenvalue weighted by atomic mass is 9.94. The van der Waals surface area contributed by atoms with E-state index in [0.717, 1.165) is 37.9 Å². The summed E-state index contributed by atoms with van der Waals surface area (Å²) in [6, 6.07) is 10.4. The molecule has 1 saturated heterocycles. The van der Waals surface area contributed by atoms with E-state index in [1.807, 2.05) is 25.1 Å². The fourth-order valence-electron chi connectivity index (χ4n) is 4.02. The minimum absolute atomic E-state index is 0.0412. The van der Waals surface area contributed by atoms with Gasteiger partial charge in [-0.05, 0) is 62.2 Å². The van der Waals surface area contributed by atoms with E-state index >= 15 is 0 Å². The van der Waals surface area contributed by atoms with Crippen molar-refractivity contribution in [1.82, 2.24) is 10.2 Å². The van der Waals surface area contributed by atoms with E-state index in [4.69, 9.17) is 21.1 Å². The standard InChI is InChI=1S/C24H30ClFN2O3/c1-4-21(17-6-8-22(30-2)23(13-17)31-3)27-24(29)16-9-11-28(12-10-16)15-18-5-7-19(25)14-20(18)26/h5-8,13-14,16,21H,4,9-12,15H2,1-3H3,(H,27,29). The van der Waals surface area contributed by atoms with Crippen molar-refractivity contribution in [2.75, 3.05) is 27.3 Å². The zero-order valence-electron chi connectivity index (χ0n) is 18.3. The van der Waals surface area contributed by atoms with Gasteiger partial charge in [0.05, 0.1) is 20.3 Å². The summed E-state index contributed by atoms with van der Waals surface area (Å²) in [7, 11) is 3.20. The predicted octanol–water partition coefficient (Wildman–Crippen LogP) is 4.98. The van der Waals surface area contributed by atoms with Crippen LogP contribution in [0, 0.1) is 11.7 Å². The smallest absolute Gasteiger partial charge is 0.223 e.